The van der Waals surface area contributed by atoms with Gasteiger partial charge in [0.15, 0.2) is 0 Å². The molecule has 1 aliphatic rings. The van der Waals surface area contributed by atoms with Crippen molar-refractivity contribution < 1.29 is 27.4 Å². The summed E-state index contributed by atoms with van der Waals surface area (Å²) in [5.74, 6) is 0.303. The molecular formula is C19H19F3N2O3. The summed E-state index contributed by atoms with van der Waals surface area (Å²) in [5.41, 5.74) is 0.311. The molecule has 3 rings (SSSR count). The number of alkyl halides is 3. The van der Waals surface area contributed by atoms with Crippen LogP contribution in [0.25, 0.3) is 0 Å². The monoisotopic (exact) mass is 380 g/mol. The molecule has 0 bridgehead atoms. The highest BCUT2D eigenvalue weighted by Crippen LogP contribution is 2.29. The van der Waals surface area contributed by atoms with Crippen LogP contribution < -0.4 is 15.4 Å². The standard InChI is InChI=1S/C19H19F3N2O3/c20-19(21,22)14-3-1-2-13(10-14)11-27-16-6-4-15(5-7-16)24-18(25)17-12-26-9-8-23-17/h1-7,10,17,23H,8-9,11-12H2,(H,24,25). The average Bonchev–Trinajstić information content (AvgIpc) is 2.68. The molecule has 1 amide bonds. The summed E-state index contributed by atoms with van der Waals surface area (Å²) in [4.78, 5) is 12.1. The molecule has 0 aliphatic carbocycles. The zero-order valence-electron chi connectivity index (χ0n) is 14.4. The number of rotatable bonds is 5. The van der Waals surface area contributed by atoms with Gasteiger partial charge in [-0.25, -0.2) is 0 Å². The van der Waals surface area contributed by atoms with Crippen LogP contribution in [0.5, 0.6) is 5.75 Å². The fourth-order valence-electron chi connectivity index (χ4n) is 2.60. The lowest BCUT2D eigenvalue weighted by molar-refractivity contribution is -0.137. The van der Waals surface area contributed by atoms with E-state index in [4.69, 9.17) is 9.47 Å². The first-order chi connectivity index (χ1) is 12.9. The van der Waals surface area contributed by atoms with E-state index in [1.54, 1.807) is 30.3 Å². The number of nitrogens with one attached hydrogen (secondary N) is 2. The Morgan fingerprint density at radius 1 is 1.22 bits per heavy atom. The highest BCUT2D eigenvalue weighted by molar-refractivity contribution is 5.95. The molecule has 1 saturated heterocycles. The van der Waals surface area contributed by atoms with Gasteiger partial charge in [0.05, 0.1) is 18.8 Å². The van der Waals surface area contributed by atoms with Crippen LogP contribution in [-0.4, -0.2) is 31.7 Å². The second kappa shape index (κ2) is 8.41. The van der Waals surface area contributed by atoms with Crippen LogP contribution >= 0.6 is 0 Å². The van der Waals surface area contributed by atoms with Crippen LogP contribution in [0.4, 0.5) is 18.9 Å². The van der Waals surface area contributed by atoms with Gasteiger partial charge in [0, 0.05) is 12.2 Å². The van der Waals surface area contributed by atoms with Crippen molar-refractivity contribution in [2.75, 3.05) is 25.1 Å². The molecule has 1 unspecified atom stereocenters. The Bertz CT molecular complexity index is 773. The molecule has 5 nitrogen and oxygen atoms in total. The smallest absolute Gasteiger partial charge is 0.416 e. The Kier molecular flexibility index (Phi) is 5.98. The number of hydrogen-bond donors (Lipinski definition) is 2. The lowest BCUT2D eigenvalue weighted by Crippen LogP contribution is -2.48. The van der Waals surface area contributed by atoms with Crippen molar-refractivity contribution in [3.05, 3.63) is 59.7 Å². The number of amides is 1. The van der Waals surface area contributed by atoms with Crippen LogP contribution in [0.3, 0.4) is 0 Å². The van der Waals surface area contributed by atoms with Gasteiger partial charge in [-0.3, -0.25) is 4.79 Å². The maximum absolute atomic E-state index is 12.7. The van der Waals surface area contributed by atoms with E-state index in [0.29, 0.717) is 36.8 Å². The molecule has 27 heavy (non-hydrogen) atoms. The zero-order chi connectivity index (χ0) is 19.3. The van der Waals surface area contributed by atoms with Crippen molar-refractivity contribution >= 4 is 11.6 Å². The highest BCUT2D eigenvalue weighted by Gasteiger charge is 2.30. The Labute approximate surface area is 154 Å². The van der Waals surface area contributed by atoms with Crippen molar-refractivity contribution in [2.45, 2.75) is 18.8 Å². The van der Waals surface area contributed by atoms with Gasteiger partial charge in [0.2, 0.25) is 5.91 Å². The van der Waals surface area contributed by atoms with E-state index in [-0.39, 0.29) is 12.5 Å². The third kappa shape index (κ3) is 5.45. The van der Waals surface area contributed by atoms with Crippen LogP contribution in [0, 0.1) is 0 Å². The van der Waals surface area contributed by atoms with Crippen molar-refractivity contribution in [2.24, 2.45) is 0 Å². The van der Waals surface area contributed by atoms with Gasteiger partial charge in [0.25, 0.3) is 0 Å². The highest BCUT2D eigenvalue weighted by atomic mass is 19.4. The number of hydrogen-bond acceptors (Lipinski definition) is 4. The van der Waals surface area contributed by atoms with E-state index in [9.17, 15) is 18.0 Å². The zero-order valence-corrected chi connectivity index (χ0v) is 14.4. The summed E-state index contributed by atoms with van der Waals surface area (Å²) in [7, 11) is 0. The fourth-order valence-corrected chi connectivity index (χ4v) is 2.60. The van der Waals surface area contributed by atoms with E-state index in [1.807, 2.05) is 0 Å². The van der Waals surface area contributed by atoms with E-state index in [0.717, 1.165) is 12.1 Å². The van der Waals surface area contributed by atoms with Gasteiger partial charge in [-0.1, -0.05) is 12.1 Å². The number of carbonyl (C=O) groups excluding carboxylic acids is 1. The second-order valence-electron chi connectivity index (χ2n) is 6.08. The van der Waals surface area contributed by atoms with E-state index >= 15 is 0 Å². The quantitative estimate of drug-likeness (QED) is 0.836. The minimum atomic E-state index is -4.38. The second-order valence-corrected chi connectivity index (χ2v) is 6.08. The molecule has 2 aromatic rings. The van der Waals surface area contributed by atoms with Gasteiger partial charge >= 0.3 is 6.18 Å². The first-order valence-electron chi connectivity index (χ1n) is 8.43. The third-order valence-electron chi connectivity index (χ3n) is 4.02. The van der Waals surface area contributed by atoms with Crippen molar-refractivity contribution in [1.82, 2.24) is 5.32 Å². The Morgan fingerprint density at radius 3 is 2.67 bits per heavy atom. The Balaban J connectivity index is 1.54. The third-order valence-corrected chi connectivity index (χ3v) is 4.02. The lowest BCUT2D eigenvalue weighted by Gasteiger charge is -2.22. The number of carbonyl (C=O) groups is 1. The molecule has 1 atom stereocenters. The first-order valence-corrected chi connectivity index (χ1v) is 8.43. The lowest BCUT2D eigenvalue weighted by atomic mass is 10.1. The van der Waals surface area contributed by atoms with E-state index in [1.165, 1.54) is 6.07 Å². The summed E-state index contributed by atoms with van der Waals surface area (Å²) in [6.45, 7) is 1.55. The maximum Gasteiger partial charge on any atom is 0.416 e. The topological polar surface area (TPSA) is 59.6 Å². The maximum atomic E-state index is 12.7. The predicted octanol–water partition coefficient (Wildman–Crippen LogP) is 3.21. The molecule has 144 valence electrons. The largest absolute Gasteiger partial charge is 0.489 e. The van der Waals surface area contributed by atoms with Crippen LogP contribution in [0.15, 0.2) is 48.5 Å². The van der Waals surface area contributed by atoms with Gasteiger partial charge in [-0.05, 0) is 42.0 Å². The normalized spacial score (nSPS) is 17.4. The SMILES string of the molecule is O=C(Nc1ccc(OCc2cccc(C(F)(F)F)c2)cc1)C1COCCN1. The van der Waals surface area contributed by atoms with Crippen LogP contribution in [-0.2, 0) is 22.3 Å². The summed E-state index contributed by atoms with van der Waals surface area (Å²) in [6, 6.07) is 11.2. The molecule has 1 heterocycles. The molecule has 0 aromatic heterocycles. The Hall–Kier alpha value is -2.58. The minimum Gasteiger partial charge on any atom is -0.489 e. The van der Waals surface area contributed by atoms with E-state index in [2.05, 4.69) is 10.6 Å². The number of ether oxygens (including phenoxy) is 2. The molecule has 2 aromatic carbocycles. The molecule has 0 radical (unpaired) electrons. The van der Waals surface area contributed by atoms with Gasteiger partial charge in [0.1, 0.15) is 18.4 Å². The molecule has 0 saturated carbocycles. The number of benzene rings is 2. The van der Waals surface area contributed by atoms with Crippen molar-refractivity contribution in [3.8, 4) is 5.75 Å². The van der Waals surface area contributed by atoms with E-state index < -0.39 is 17.8 Å². The summed E-state index contributed by atoms with van der Waals surface area (Å²) in [5, 5.41) is 5.84. The molecule has 1 fully saturated rings. The Morgan fingerprint density at radius 2 is 2.00 bits per heavy atom. The molecule has 1 aliphatic heterocycles. The summed E-state index contributed by atoms with van der Waals surface area (Å²) < 4.78 is 49.0. The van der Waals surface area contributed by atoms with Crippen LogP contribution in [0.2, 0.25) is 0 Å². The van der Waals surface area contributed by atoms with Gasteiger partial charge < -0.3 is 20.1 Å². The number of anilines is 1. The van der Waals surface area contributed by atoms with Crippen molar-refractivity contribution in [3.63, 3.8) is 0 Å². The molecule has 2 N–H and O–H groups in total. The molecular weight excluding hydrogens is 361 g/mol. The van der Waals surface area contributed by atoms with Gasteiger partial charge in [-0.2, -0.15) is 13.2 Å². The summed E-state index contributed by atoms with van der Waals surface area (Å²) in [6.07, 6.45) is -4.38. The molecule has 0 spiro atoms. The fraction of sp³-hybridized carbons (Fsp3) is 0.316. The van der Waals surface area contributed by atoms with Crippen molar-refractivity contribution in [1.29, 1.82) is 0 Å². The summed E-state index contributed by atoms with van der Waals surface area (Å²) >= 11 is 0. The molecule has 8 heteroatoms. The number of morpholine rings is 1. The minimum absolute atomic E-state index is 0.0129. The number of halogens is 3. The first kappa shape index (κ1) is 19.2. The van der Waals surface area contributed by atoms with Crippen LogP contribution in [0.1, 0.15) is 11.1 Å². The van der Waals surface area contributed by atoms with Gasteiger partial charge in [-0.15, -0.1) is 0 Å². The average molecular weight is 380 g/mol. The predicted molar refractivity (Wildman–Crippen MR) is 93.5 cm³/mol.